The average molecular weight is 1040 g/mol. The van der Waals surface area contributed by atoms with Crippen molar-refractivity contribution in [1.82, 2.24) is 24.8 Å². The van der Waals surface area contributed by atoms with Crippen molar-refractivity contribution in [3.63, 3.8) is 0 Å². The summed E-state index contributed by atoms with van der Waals surface area (Å²) in [5, 5.41) is 7.54. The molecular weight excluding hydrogens is 982 g/mol. The number of carbonyl (C=O) groups excluding carboxylic acids is 2. The fourth-order valence-corrected chi connectivity index (χ4v) is 9.49. The Labute approximate surface area is 420 Å². The van der Waals surface area contributed by atoms with Gasteiger partial charge in [0.15, 0.2) is 5.78 Å². The first-order chi connectivity index (χ1) is 34.2. The van der Waals surface area contributed by atoms with Crippen molar-refractivity contribution in [3.8, 4) is 11.5 Å². The molecule has 0 saturated carbocycles. The van der Waals surface area contributed by atoms with Gasteiger partial charge in [0.2, 0.25) is 0 Å². The van der Waals surface area contributed by atoms with E-state index in [0.717, 1.165) is 24.9 Å². The molecule has 2 aromatic heterocycles. The van der Waals surface area contributed by atoms with E-state index in [2.05, 4.69) is 42.5 Å². The second kappa shape index (κ2) is 26.7. The minimum Gasteiger partial charge on any atom is -0.491 e. The van der Waals surface area contributed by atoms with E-state index in [1.165, 1.54) is 43.0 Å². The molecule has 0 spiro atoms. The maximum atomic E-state index is 13.6. The van der Waals surface area contributed by atoms with Gasteiger partial charge in [-0.05, 0) is 94.9 Å². The first kappa shape index (κ1) is 54.6. The smallest absolute Gasteiger partial charge is 0.338 e. The molecule has 0 amide bonds. The van der Waals surface area contributed by atoms with Gasteiger partial charge in [0.05, 0.1) is 47.5 Å². The van der Waals surface area contributed by atoms with Gasteiger partial charge in [0.1, 0.15) is 72.6 Å². The number of nitrogens with one attached hydrogen (secondary N) is 2. The van der Waals surface area contributed by atoms with Gasteiger partial charge in [0, 0.05) is 78.5 Å². The normalized spacial score (nSPS) is 13.9. The molecule has 16 nitrogen and oxygen atoms in total. The molecule has 0 aliphatic carbocycles. The minimum absolute atomic E-state index is 0.00757. The molecule has 71 heavy (non-hydrogen) atoms. The topological polar surface area (TPSA) is 185 Å². The highest BCUT2D eigenvalue weighted by Crippen LogP contribution is 2.48. The van der Waals surface area contributed by atoms with Crippen LogP contribution in [0.5, 0.6) is 11.5 Å². The Hall–Kier alpha value is -5.69. The predicted octanol–water partition coefficient (Wildman–Crippen LogP) is 10.5. The van der Waals surface area contributed by atoms with Gasteiger partial charge in [-0.25, -0.2) is 28.7 Å². The van der Waals surface area contributed by atoms with Crippen molar-refractivity contribution < 1.29 is 50.9 Å². The van der Waals surface area contributed by atoms with Gasteiger partial charge in [-0.15, -0.1) is 0 Å². The van der Waals surface area contributed by atoms with Gasteiger partial charge in [0.25, 0.3) is 0 Å². The third kappa shape index (κ3) is 15.7. The highest BCUT2D eigenvalue weighted by Gasteiger charge is 2.28. The van der Waals surface area contributed by atoms with Crippen LogP contribution in [0.3, 0.4) is 0 Å². The van der Waals surface area contributed by atoms with Crippen LogP contribution < -0.4 is 20.1 Å². The van der Waals surface area contributed by atoms with Gasteiger partial charge >= 0.3 is 7.60 Å². The first-order valence-electron chi connectivity index (χ1n) is 22.8. The molecule has 2 N–H and O–H groups in total. The van der Waals surface area contributed by atoms with E-state index < -0.39 is 19.2 Å². The van der Waals surface area contributed by atoms with Crippen LogP contribution in [0, 0.1) is 11.6 Å². The zero-order valence-corrected chi connectivity index (χ0v) is 42.4. The van der Waals surface area contributed by atoms with Gasteiger partial charge in [-0.2, -0.15) is 0 Å². The SMILES string of the molecule is CCOP(=O)(CC(=O)Cc1cc2c(Nc3ccc(F)c(Cl)c3)ncnc2cc1OCCOC)OCC.COCCOc1cc2ncnc(Nc3ccc(F)c(Cl)c3)c2cc1CC(=O)/C=C/[C@H]1CCCN1C. The number of halogens is 4. The summed E-state index contributed by atoms with van der Waals surface area (Å²) < 4.78 is 72.4. The van der Waals surface area contributed by atoms with Crippen LogP contribution >= 0.6 is 30.8 Å². The Morgan fingerprint density at radius 3 is 1.70 bits per heavy atom. The Bertz CT molecular complexity index is 2870. The number of ketones is 2. The van der Waals surface area contributed by atoms with Crippen LogP contribution in [0.15, 0.2) is 85.5 Å². The number of aromatic nitrogens is 4. The molecule has 1 saturated heterocycles. The predicted molar refractivity (Wildman–Crippen MR) is 271 cm³/mol. The van der Waals surface area contributed by atoms with Crippen LogP contribution in [-0.4, -0.2) is 116 Å². The molecule has 0 unspecified atom stereocenters. The van der Waals surface area contributed by atoms with Gasteiger partial charge in [-0.1, -0.05) is 29.3 Å². The second-order valence-corrected chi connectivity index (χ2v) is 19.0. The lowest BCUT2D eigenvalue weighted by Crippen LogP contribution is -2.22. The van der Waals surface area contributed by atoms with Crippen LogP contribution in [0.4, 0.5) is 31.8 Å². The van der Waals surface area contributed by atoms with Crippen molar-refractivity contribution in [3.05, 3.63) is 118 Å². The third-order valence-electron chi connectivity index (χ3n) is 10.9. The summed E-state index contributed by atoms with van der Waals surface area (Å²) in [5.41, 5.74) is 3.56. The molecule has 4 aromatic carbocycles. The molecule has 21 heteroatoms. The number of Topliss-reactive ketones (excluding diaryl/α,β-unsaturated/α-hetero) is 1. The molecule has 1 aliphatic rings. The number of carbonyl (C=O) groups is 2. The summed E-state index contributed by atoms with van der Waals surface area (Å²) in [6.07, 6.45) is 8.36. The standard InChI is InChI=1S/C26H28ClFN4O3.C24H28ClFN3O6P/c1-32-9-3-4-19(32)6-7-20(33)12-17-13-21-24(15-25(17)35-11-10-34-2)29-16-30-26(21)31-18-5-8-23(28)22(27)14-18;1-4-34-36(31,35-5-2)14-18(30)10-16-11-19-22(13-23(16)33-9-8-32-3)27-15-28-24(19)29-17-6-7-21(26)20(25)12-17/h5-8,13-16,19H,3-4,9-12H2,1-2H3,(H,29,30,31);6-7,11-13,15H,4-5,8-10,14H2,1-3H3,(H,27,28,29)/b7-6+;/t19-;/m1./s1. The van der Waals surface area contributed by atoms with Crippen LogP contribution in [0.2, 0.25) is 10.0 Å². The number of rotatable bonds is 24. The van der Waals surface area contributed by atoms with Crippen LogP contribution in [0.25, 0.3) is 21.8 Å². The molecule has 1 aliphatic heterocycles. The lowest BCUT2D eigenvalue weighted by atomic mass is 10.0. The fourth-order valence-electron chi connectivity index (χ4n) is 7.54. The number of allylic oxidation sites excluding steroid dienone is 1. The van der Waals surface area contributed by atoms with Crippen LogP contribution in [-0.2, 0) is 45.5 Å². The van der Waals surface area contributed by atoms with Crippen molar-refractivity contribution in [2.45, 2.75) is 45.6 Å². The summed E-state index contributed by atoms with van der Waals surface area (Å²) >= 11 is 11.8. The minimum atomic E-state index is -3.56. The highest BCUT2D eigenvalue weighted by molar-refractivity contribution is 7.54. The van der Waals surface area contributed by atoms with Gasteiger partial charge in [-0.3, -0.25) is 19.1 Å². The largest absolute Gasteiger partial charge is 0.491 e. The summed E-state index contributed by atoms with van der Waals surface area (Å²) in [7, 11) is 1.67. The van der Waals surface area contributed by atoms with E-state index in [4.69, 9.17) is 51.2 Å². The molecule has 0 radical (unpaired) electrons. The number of likely N-dealkylation sites (tertiary alicyclic amines) is 1. The van der Waals surface area contributed by atoms with Crippen molar-refractivity contribution in [2.24, 2.45) is 0 Å². The molecule has 0 bridgehead atoms. The van der Waals surface area contributed by atoms with E-state index in [1.54, 1.807) is 58.4 Å². The van der Waals surface area contributed by atoms with Crippen LogP contribution in [0.1, 0.15) is 37.8 Å². The number of anilines is 4. The number of benzene rings is 4. The molecule has 3 heterocycles. The average Bonchev–Trinajstić information content (AvgIpc) is 3.75. The molecular formula is C50H56Cl2F2N7O9P. The van der Waals surface area contributed by atoms with Gasteiger partial charge < -0.3 is 38.6 Å². The maximum Gasteiger partial charge on any atom is 0.338 e. The van der Waals surface area contributed by atoms with Crippen molar-refractivity contribution >= 4 is 87.2 Å². The summed E-state index contributed by atoms with van der Waals surface area (Å²) in [5.74, 6) is 0.552. The number of ether oxygens (including phenoxy) is 4. The van der Waals surface area contributed by atoms with E-state index in [0.29, 0.717) is 87.7 Å². The second-order valence-electron chi connectivity index (χ2n) is 16.1. The monoisotopic (exact) mass is 1040 g/mol. The summed E-state index contributed by atoms with van der Waals surface area (Å²) in [4.78, 5) is 45.4. The summed E-state index contributed by atoms with van der Waals surface area (Å²) in [6.45, 7) is 6.09. The fraction of sp³-hybridized carbons (Fsp3) is 0.360. The summed E-state index contributed by atoms with van der Waals surface area (Å²) in [6, 6.07) is 15.9. The number of methoxy groups -OCH3 is 2. The number of hydrogen-bond acceptors (Lipinski definition) is 16. The number of nitrogens with zero attached hydrogens (tertiary/aromatic N) is 5. The maximum absolute atomic E-state index is 13.6. The Kier molecular flexibility index (Phi) is 20.5. The Balaban J connectivity index is 0.000000232. The molecule has 1 atom stereocenters. The molecule has 6 aromatic rings. The van der Waals surface area contributed by atoms with Crippen molar-refractivity contribution in [2.75, 3.05) is 84.2 Å². The molecule has 1 fully saturated rings. The van der Waals surface area contributed by atoms with E-state index in [-0.39, 0.29) is 60.4 Å². The number of likely N-dealkylation sites (N-methyl/N-ethyl adjacent to an activating group) is 1. The quantitative estimate of drug-likeness (QED) is 0.0331. The van der Waals surface area contributed by atoms with E-state index in [9.17, 15) is 22.9 Å². The Morgan fingerprint density at radius 2 is 1.25 bits per heavy atom. The molecule has 7 rings (SSSR count). The first-order valence-corrected chi connectivity index (χ1v) is 25.2. The van der Waals surface area contributed by atoms with Crippen molar-refractivity contribution in [1.29, 1.82) is 0 Å². The zero-order valence-electron chi connectivity index (χ0n) is 40.0. The Morgan fingerprint density at radius 1 is 0.746 bits per heavy atom. The zero-order chi connectivity index (χ0) is 50.9. The van der Waals surface area contributed by atoms with E-state index >= 15 is 0 Å². The lowest BCUT2D eigenvalue weighted by Gasteiger charge is -2.17. The lowest BCUT2D eigenvalue weighted by molar-refractivity contribution is -0.116. The third-order valence-corrected chi connectivity index (χ3v) is 13.6. The highest BCUT2D eigenvalue weighted by atomic mass is 35.5. The van der Waals surface area contributed by atoms with E-state index in [1.807, 2.05) is 12.1 Å². The number of fused-ring (bicyclic) bond motifs is 2. The number of hydrogen-bond donors (Lipinski definition) is 2. The molecule has 378 valence electrons.